The second-order valence-electron chi connectivity index (χ2n) is 9.47. The maximum Gasteiger partial charge on any atom is 0.243 e. The van der Waals surface area contributed by atoms with Crippen molar-refractivity contribution < 1.29 is 18.0 Å². The van der Waals surface area contributed by atoms with Crippen LogP contribution in [0.25, 0.3) is 0 Å². The summed E-state index contributed by atoms with van der Waals surface area (Å²) in [5.74, 6) is -0.457. The molecule has 38 heavy (non-hydrogen) atoms. The lowest BCUT2D eigenvalue weighted by molar-refractivity contribution is -0.141. The molecular weight excluding hydrogens is 545 g/mol. The van der Waals surface area contributed by atoms with Crippen molar-refractivity contribution in [2.75, 3.05) is 17.1 Å². The number of hydrogen-bond donors (Lipinski definition) is 1. The first-order valence-electron chi connectivity index (χ1n) is 13.0. The maximum absolute atomic E-state index is 13.5. The van der Waals surface area contributed by atoms with Gasteiger partial charge in [-0.15, -0.1) is 0 Å². The highest BCUT2D eigenvalue weighted by atomic mass is 35.5. The predicted molar refractivity (Wildman–Crippen MR) is 156 cm³/mol. The summed E-state index contributed by atoms with van der Waals surface area (Å²) in [5.41, 5.74) is 2.41. The molecule has 1 N–H and O–H groups in total. The Morgan fingerprint density at radius 2 is 1.58 bits per heavy atom. The molecular formula is C28H39Cl2N3O4S. The highest BCUT2D eigenvalue weighted by Gasteiger charge is 2.29. The average Bonchev–Trinajstić information content (AvgIpc) is 2.87. The molecule has 7 nitrogen and oxygen atoms in total. The molecule has 0 aliphatic rings. The fourth-order valence-corrected chi connectivity index (χ4v) is 5.38. The molecule has 0 aliphatic heterocycles. The van der Waals surface area contributed by atoms with E-state index in [-0.39, 0.29) is 37.4 Å². The monoisotopic (exact) mass is 583 g/mol. The summed E-state index contributed by atoms with van der Waals surface area (Å²) < 4.78 is 26.4. The highest BCUT2D eigenvalue weighted by molar-refractivity contribution is 7.92. The number of sulfonamides is 1. The zero-order chi connectivity index (χ0) is 28.5. The van der Waals surface area contributed by atoms with Crippen LogP contribution in [0.5, 0.6) is 0 Å². The summed E-state index contributed by atoms with van der Waals surface area (Å²) in [4.78, 5) is 28.2. The first kappa shape index (κ1) is 31.9. The zero-order valence-corrected chi connectivity index (χ0v) is 25.2. The third kappa shape index (κ3) is 9.17. The van der Waals surface area contributed by atoms with Crippen LogP contribution in [0.1, 0.15) is 64.5 Å². The van der Waals surface area contributed by atoms with Crippen molar-refractivity contribution in [1.29, 1.82) is 0 Å². The van der Waals surface area contributed by atoms with Crippen molar-refractivity contribution in [3.63, 3.8) is 0 Å². The van der Waals surface area contributed by atoms with Gasteiger partial charge in [0.05, 0.1) is 22.0 Å². The molecule has 2 amide bonds. The minimum atomic E-state index is -3.55. The quantitative estimate of drug-likeness (QED) is 0.303. The van der Waals surface area contributed by atoms with E-state index in [2.05, 4.69) is 5.32 Å². The summed E-state index contributed by atoms with van der Waals surface area (Å²) in [7, 11) is -3.55. The van der Waals surface area contributed by atoms with Crippen LogP contribution in [0.15, 0.2) is 42.5 Å². The smallest absolute Gasteiger partial charge is 0.243 e. The SMILES string of the molecule is CCc1ccc(N(CCCC(=O)N(Cc2ccc(Cl)c(Cl)c2)[C@@H](CC)C(=O)N[C@H](C)CC)S(C)(=O)=O)cc1. The summed E-state index contributed by atoms with van der Waals surface area (Å²) >= 11 is 12.3. The lowest BCUT2D eigenvalue weighted by Crippen LogP contribution is -2.50. The van der Waals surface area contributed by atoms with E-state index in [1.165, 1.54) is 4.31 Å². The van der Waals surface area contributed by atoms with Gasteiger partial charge in [-0.1, -0.05) is 62.2 Å². The number of halogens is 2. The highest BCUT2D eigenvalue weighted by Crippen LogP contribution is 2.25. The van der Waals surface area contributed by atoms with Gasteiger partial charge in [0, 0.05) is 25.6 Å². The van der Waals surface area contributed by atoms with E-state index in [4.69, 9.17) is 23.2 Å². The van der Waals surface area contributed by atoms with Crippen molar-refractivity contribution in [1.82, 2.24) is 10.2 Å². The largest absolute Gasteiger partial charge is 0.352 e. The Kier molecular flexibility index (Phi) is 12.4. The van der Waals surface area contributed by atoms with Crippen LogP contribution in [0, 0.1) is 0 Å². The van der Waals surface area contributed by atoms with Gasteiger partial charge in [-0.2, -0.15) is 0 Å². The van der Waals surface area contributed by atoms with Gasteiger partial charge < -0.3 is 10.2 Å². The predicted octanol–water partition coefficient (Wildman–Crippen LogP) is 5.82. The van der Waals surface area contributed by atoms with Gasteiger partial charge in [0.15, 0.2) is 0 Å². The molecule has 0 radical (unpaired) electrons. The number of hydrogen-bond acceptors (Lipinski definition) is 4. The molecule has 2 aromatic rings. The molecule has 2 atom stereocenters. The van der Waals surface area contributed by atoms with E-state index < -0.39 is 16.1 Å². The molecule has 0 aromatic heterocycles. The van der Waals surface area contributed by atoms with Crippen molar-refractivity contribution in [2.45, 2.75) is 78.4 Å². The molecule has 0 bridgehead atoms. The molecule has 10 heteroatoms. The Balaban J connectivity index is 2.24. The van der Waals surface area contributed by atoms with Crippen LogP contribution >= 0.6 is 23.2 Å². The van der Waals surface area contributed by atoms with Crippen LogP contribution < -0.4 is 9.62 Å². The Morgan fingerprint density at radius 1 is 0.947 bits per heavy atom. The van der Waals surface area contributed by atoms with Crippen molar-refractivity contribution >= 4 is 50.7 Å². The third-order valence-electron chi connectivity index (χ3n) is 6.51. The van der Waals surface area contributed by atoms with E-state index in [9.17, 15) is 18.0 Å². The normalized spacial score (nSPS) is 13.0. The fraction of sp³-hybridized carbons (Fsp3) is 0.500. The van der Waals surface area contributed by atoms with Crippen molar-refractivity contribution in [3.05, 3.63) is 63.6 Å². The zero-order valence-electron chi connectivity index (χ0n) is 22.8. The van der Waals surface area contributed by atoms with Gasteiger partial charge in [0.1, 0.15) is 6.04 Å². The minimum absolute atomic E-state index is 0.0269. The number of benzene rings is 2. The van der Waals surface area contributed by atoms with Crippen molar-refractivity contribution in [3.8, 4) is 0 Å². The number of nitrogens with zero attached hydrogens (tertiary/aromatic N) is 2. The molecule has 0 fully saturated rings. The van der Waals surface area contributed by atoms with Crippen LogP contribution in [0.3, 0.4) is 0 Å². The second-order valence-corrected chi connectivity index (χ2v) is 12.2. The van der Waals surface area contributed by atoms with E-state index >= 15 is 0 Å². The summed E-state index contributed by atoms with van der Waals surface area (Å²) in [6, 6.07) is 11.8. The molecule has 2 rings (SSSR count). The maximum atomic E-state index is 13.5. The third-order valence-corrected chi connectivity index (χ3v) is 8.44. The number of aryl methyl sites for hydroxylation is 1. The van der Waals surface area contributed by atoms with Gasteiger partial charge in [0.25, 0.3) is 0 Å². The molecule has 0 spiro atoms. The summed E-state index contributed by atoms with van der Waals surface area (Å²) in [6.45, 7) is 8.12. The van der Waals surface area contributed by atoms with Gasteiger partial charge >= 0.3 is 0 Å². The molecule has 0 heterocycles. The number of amides is 2. The Hall–Kier alpha value is -2.29. The van der Waals surface area contributed by atoms with Gasteiger partial charge in [-0.3, -0.25) is 13.9 Å². The van der Waals surface area contributed by atoms with E-state index in [1.54, 1.807) is 35.2 Å². The minimum Gasteiger partial charge on any atom is -0.352 e. The summed E-state index contributed by atoms with van der Waals surface area (Å²) in [5, 5.41) is 3.75. The van der Waals surface area contributed by atoms with Crippen molar-refractivity contribution in [2.24, 2.45) is 0 Å². The van der Waals surface area contributed by atoms with Crippen LogP contribution in [-0.4, -0.2) is 50.0 Å². The van der Waals surface area contributed by atoms with Crippen LogP contribution in [0.4, 0.5) is 5.69 Å². The number of anilines is 1. The summed E-state index contributed by atoms with van der Waals surface area (Å²) in [6.07, 6.45) is 3.57. The van der Waals surface area contributed by atoms with Gasteiger partial charge in [-0.05, 0) is 68.0 Å². The first-order valence-corrected chi connectivity index (χ1v) is 15.6. The molecule has 0 saturated carbocycles. The molecule has 210 valence electrons. The number of nitrogens with one attached hydrogen (secondary N) is 1. The topological polar surface area (TPSA) is 86.8 Å². The van der Waals surface area contributed by atoms with Crippen LogP contribution in [-0.2, 0) is 32.6 Å². The lowest BCUT2D eigenvalue weighted by atomic mass is 10.1. The van der Waals surface area contributed by atoms with Gasteiger partial charge in [0.2, 0.25) is 21.8 Å². The molecule has 0 aliphatic carbocycles. The molecule has 0 saturated heterocycles. The standard InChI is InChI=1S/C28H39Cl2N3O4S/c1-6-20(4)31-28(35)26(8-3)32(19-22-13-16-24(29)25(30)18-22)27(34)10-9-17-33(38(5,36)37)23-14-11-21(7-2)12-15-23/h11-16,18,20,26H,6-10,17,19H2,1-5H3,(H,31,35)/t20-,26+/m1/s1. The van der Waals surface area contributed by atoms with E-state index in [0.29, 0.717) is 28.6 Å². The molecule has 2 aromatic carbocycles. The van der Waals surface area contributed by atoms with E-state index in [0.717, 1.165) is 30.2 Å². The first-order chi connectivity index (χ1) is 17.9. The second kappa shape index (κ2) is 14.8. The number of carbonyl (C=O) groups excluding carboxylic acids is 2. The Morgan fingerprint density at radius 3 is 2.11 bits per heavy atom. The Labute approximate surface area is 237 Å². The van der Waals surface area contributed by atoms with Crippen LogP contribution in [0.2, 0.25) is 10.0 Å². The molecule has 0 unspecified atom stereocenters. The Bertz CT molecular complexity index is 1190. The average molecular weight is 585 g/mol. The number of rotatable bonds is 14. The fourth-order valence-electron chi connectivity index (χ4n) is 4.10. The lowest BCUT2D eigenvalue weighted by Gasteiger charge is -2.32. The van der Waals surface area contributed by atoms with E-state index in [1.807, 2.05) is 39.8 Å². The van der Waals surface area contributed by atoms with Gasteiger partial charge in [-0.25, -0.2) is 8.42 Å². The number of carbonyl (C=O) groups is 2.